The molecule has 0 atom stereocenters. The lowest BCUT2D eigenvalue weighted by Gasteiger charge is -2.36. The number of fused-ring (bicyclic) bond motifs is 1. The van der Waals surface area contributed by atoms with Crippen molar-refractivity contribution < 1.29 is 9.18 Å². The molecular weight excluding hydrogens is 453 g/mol. The number of carbonyl (C=O) groups excluding carboxylic acids is 1. The number of aromatic nitrogens is 3. The standard InChI is InChI=1S/C29H24FN5O/c30-23-13-7-8-14-26(23)33-15-17-34(18-16-33)29(36)25-19-27(22-11-5-2-6-12-22)35-28(31-25)20-24(32-35)21-9-3-1-4-10-21/h1-14,19-20H,15-18H2. The van der Waals surface area contributed by atoms with Crippen molar-refractivity contribution in [3.63, 3.8) is 0 Å². The van der Waals surface area contributed by atoms with E-state index in [0.717, 1.165) is 22.5 Å². The van der Waals surface area contributed by atoms with Gasteiger partial charge in [0.05, 0.1) is 17.1 Å². The van der Waals surface area contributed by atoms with Crippen LogP contribution in [0.2, 0.25) is 0 Å². The highest BCUT2D eigenvalue weighted by molar-refractivity contribution is 5.94. The Morgan fingerprint density at radius 2 is 1.39 bits per heavy atom. The topological polar surface area (TPSA) is 53.7 Å². The van der Waals surface area contributed by atoms with E-state index < -0.39 is 0 Å². The van der Waals surface area contributed by atoms with E-state index in [1.54, 1.807) is 21.5 Å². The maximum absolute atomic E-state index is 14.2. The summed E-state index contributed by atoms with van der Waals surface area (Å²) in [5, 5.41) is 4.81. The van der Waals surface area contributed by atoms with Gasteiger partial charge in [0, 0.05) is 43.4 Å². The van der Waals surface area contributed by atoms with Crippen LogP contribution in [0.4, 0.5) is 10.1 Å². The molecular formula is C29H24FN5O. The third kappa shape index (κ3) is 4.09. The first-order chi connectivity index (χ1) is 17.7. The largest absolute Gasteiger partial charge is 0.366 e. The van der Waals surface area contributed by atoms with Crippen LogP contribution < -0.4 is 4.90 Å². The number of nitrogens with zero attached hydrogens (tertiary/aromatic N) is 5. The Morgan fingerprint density at radius 1 is 0.750 bits per heavy atom. The smallest absolute Gasteiger partial charge is 0.272 e. The van der Waals surface area contributed by atoms with Gasteiger partial charge in [0.15, 0.2) is 5.65 Å². The molecule has 5 aromatic rings. The second kappa shape index (κ2) is 9.26. The summed E-state index contributed by atoms with van der Waals surface area (Å²) >= 11 is 0. The normalized spacial score (nSPS) is 13.8. The number of halogens is 1. The Labute approximate surface area is 208 Å². The maximum atomic E-state index is 14.2. The summed E-state index contributed by atoms with van der Waals surface area (Å²) in [5.41, 5.74) is 5.09. The molecule has 0 radical (unpaired) electrons. The van der Waals surface area contributed by atoms with Crippen LogP contribution in [0.3, 0.4) is 0 Å². The molecule has 1 aliphatic heterocycles. The van der Waals surface area contributed by atoms with Crippen LogP contribution in [-0.2, 0) is 0 Å². The van der Waals surface area contributed by atoms with Crippen molar-refractivity contribution in [2.75, 3.05) is 31.1 Å². The maximum Gasteiger partial charge on any atom is 0.272 e. The number of para-hydroxylation sites is 1. The predicted molar refractivity (Wildman–Crippen MR) is 138 cm³/mol. The SMILES string of the molecule is O=C(c1cc(-c2ccccc2)n2nc(-c3ccccc3)cc2n1)N1CCN(c2ccccc2F)CC1. The van der Waals surface area contributed by atoms with Crippen molar-refractivity contribution in [2.24, 2.45) is 0 Å². The Morgan fingerprint density at radius 3 is 2.08 bits per heavy atom. The summed E-state index contributed by atoms with van der Waals surface area (Å²) in [6, 6.07) is 30.3. The summed E-state index contributed by atoms with van der Waals surface area (Å²) in [5.74, 6) is -0.378. The van der Waals surface area contributed by atoms with Crippen LogP contribution >= 0.6 is 0 Å². The van der Waals surface area contributed by atoms with E-state index in [2.05, 4.69) is 0 Å². The van der Waals surface area contributed by atoms with Crippen LogP contribution in [0.15, 0.2) is 97.1 Å². The van der Waals surface area contributed by atoms with Gasteiger partial charge in [0.1, 0.15) is 11.5 Å². The highest BCUT2D eigenvalue weighted by Gasteiger charge is 2.25. The number of piperazine rings is 1. The molecule has 1 saturated heterocycles. The summed E-state index contributed by atoms with van der Waals surface area (Å²) < 4.78 is 16.0. The van der Waals surface area contributed by atoms with Crippen LogP contribution in [0.25, 0.3) is 28.2 Å². The number of amides is 1. The van der Waals surface area contributed by atoms with Gasteiger partial charge in [-0.2, -0.15) is 5.10 Å². The molecule has 1 fully saturated rings. The minimum atomic E-state index is -0.244. The van der Waals surface area contributed by atoms with Crippen molar-refractivity contribution in [3.05, 3.63) is 109 Å². The minimum Gasteiger partial charge on any atom is -0.366 e. The first kappa shape index (κ1) is 22.0. The van der Waals surface area contributed by atoms with Gasteiger partial charge in [-0.15, -0.1) is 0 Å². The zero-order valence-electron chi connectivity index (χ0n) is 19.6. The van der Waals surface area contributed by atoms with E-state index in [9.17, 15) is 9.18 Å². The molecule has 0 saturated carbocycles. The lowest BCUT2D eigenvalue weighted by molar-refractivity contribution is 0.0741. The second-order valence-electron chi connectivity index (χ2n) is 8.79. The highest BCUT2D eigenvalue weighted by atomic mass is 19.1. The Balaban J connectivity index is 1.33. The molecule has 0 spiro atoms. The molecule has 0 aliphatic carbocycles. The zero-order chi connectivity index (χ0) is 24.5. The molecule has 2 aromatic heterocycles. The second-order valence-corrected chi connectivity index (χ2v) is 8.79. The van der Waals surface area contributed by atoms with Gasteiger partial charge in [-0.3, -0.25) is 4.79 Å². The van der Waals surface area contributed by atoms with E-state index in [-0.39, 0.29) is 11.7 Å². The van der Waals surface area contributed by atoms with Gasteiger partial charge in [-0.25, -0.2) is 13.9 Å². The summed E-state index contributed by atoms with van der Waals surface area (Å²) in [7, 11) is 0. The van der Waals surface area contributed by atoms with Crippen LogP contribution in [0.1, 0.15) is 10.5 Å². The first-order valence-electron chi connectivity index (χ1n) is 12.0. The minimum absolute atomic E-state index is 0.134. The number of hydrogen-bond acceptors (Lipinski definition) is 4. The van der Waals surface area contributed by atoms with E-state index in [4.69, 9.17) is 10.1 Å². The fraction of sp³-hybridized carbons (Fsp3) is 0.138. The highest BCUT2D eigenvalue weighted by Crippen LogP contribution is 2.26. The van der Waals surface area contributed by atoms with Crippen molar-refractivity contribution in [1.29, 1.82) is 0 Å². The monoisotopic (exact) mass is 477 g/mol. The van der Waals surface area contributed by atoms with Gasteiger partial charge in [0.2, 0.25) is 0 Å². The molecule has 0 N–H and O–H groups in total. The summed E-state index contributed by atoms with van der Waals surface area (Å²) in [4.78, 5) is 22.0. The van der Waals surface area contributed by atoms with Crippen molar-refractivity contribution in [2.45, 2.75) is 0 Å². The molecule has 1 aliphatic rings. The van der Waals surface area contributed by atoms with E-state index in [1.807, 2.05) is 83.8 Å². The van der Waals surface area contributed by atoms with Crippen molar-refractivity contribution >= 4 is 17.2 Å². The number of benzene rings is 3. The molecule has 0 unspecified atom stereocenters. The van der Waals surface area contributed by atoms with Gasteiger partial charge < -0.3 is 9.80 Å². The first-order valence-corrected chi connectivity index (χ1v) is 12.0. The van der Waals surface area contributed by atoms with Gasteiger partial charge in [-0.05, 0) is 18.2 Å². The van der Waals surface area contributed by atoms with Gasteiger partial charge in [-0.1, -0.05) is 72.8 Å². The van der Waals surface area contributed by atoms with Crippen molar-refractivity contribution in [3.8, 4) is 22.5 Å². The zero-order valence-corrected chi connectivity index (χ0v) is 19.6. The Hall–Kier alpha value is -4.52. The van der Waals surface area contributed by atoms with Crippen LogP contribution in [0.5, 0.6) is 0 Å². The van der Waals surface area contributed by atoms with Crippen molar-refractivity contribution in [1.82, 2.24) is 19.5 Å². The third-order valence-corrected chi connectivity index (χ3v) is 6.55. The Kier molecular flexibility index (Phi) is 5.65. The lowest BCUT2D eigenvalue weighted by Crippen LogP contribution is -2.49. The van der Waals surface area contributed by atoms with E-state index in [0.29, 0.717) is 43.2 Å². The van der Waals surface area contributed by atoms with Gasteiger partial charge >= 0.3 is 0 Å². The molecule has 1 amide bonds. The molecule has 0 bridgehead atoms. The van der Waals surface area contributed by atoms with E-state index in [1.165, 1.54) is 6.07 Å². The molecule has 36 heavy (non-hydrogen) atoms. The van der Waals surface area contributed by atoms with Crippen LogP contribution in [0, 0.1) is 5.82 Å². The average molecular weight is 478 g/mol. The third-order valence-electron chi connectivity index (χ3n) is 6.55. The molecule has 178 valence electrons. The van der Waals surface area contributed by atoms with E-state index >= 15 is 0 Å². The molecule has 7 heteroatoms. The molecule has 6 rings (SSSR count). The molecule has 3 heterocycles. The average Bonchev–Trinajstić information content (AvgIpc) is 3.38. The van der Waals surface area contributed by atoms with Crippen LogP contribution in [-0.4, -0.2) is 51.6 Å². The number of carbonyl (C=O) groups is 1. The summed E-state index contributed by atoms with van der Waals surface area (Å²) in [6.07, 6.45) is 0. The quantitative estimate of drug-likeness (QED) is 0.359. The number of hydrogen-bond donors (Lipinski definition) is 0. The Bertz CT molecular complexity index is 1530. The number of rotatable bonds is 4. The van der Waals surface area contributed by atoms with Gasteiger partial charge in [0.25, 0.3) is 5.91 Å². The fourth-order valence-electron chi connectivity index (χ4n) is 4.67. The predicted octanol–water partition coefficient (Wildman–Crippen LogP) is 5.16. The fourth-order valence-corrected chi connectivity index (χ4v) is 4.67. The summed E-state index contributed by atoms with van der Waals surface area (Å²) in [6.45, 7) is 2.11. The molecule has 6 nitrogen and oxygen atoms in total. The lowest BCUT2D eigenvalue weighted by atomic mass is 10.1. The molecule has 3 aromatic carbocycles. The number of anilines is 1.